The largest absolute Gasteiger partial charge is 0.381 e. The fourth-order valence-electron chi connectivity index (χ4n) is 4.65. The first-order valence-electron chi connectivity index (χ1n) is 11.5. The fourth-order valence-corrected chi connectivity index (χ4v) is 4.65. The Labute approximate surface area is 200 Å². The Morgan fingerprint density at radius 2 is 1.77 bits per heavy atom. The first kappa shape index (κ1) is 22.9. The van der Waals surface area contributed by atoms with E-state index in [1.807, 2.05) is 4.90 Å². The molecule has 35 heavy (non-hydrogen) atoms. The Balaban J connectivity index is 1.28. The molecule has 0 bridgehead atoms. The van der Waals surface area contributed by atoms with E-state index < -0.39 is 11.7 Å². The number of nitrogens with one attached hydrogen (secondary N) is 1. The van der Waals surface area contributed by atoms with Gasteiger partial charge in [-0.15, -0.1) is 5.10 Å². The lowest BCUT2D eigenvalue weighted by Crippen LogP contribution is -2.50. The molecule has 2 aliphatic heterocycles. The van der Waals surface area contributed by atoms with Gasteiger partial charge in [0.2, 0.25) is 5.91 Å². The highest BCUT2D eigenvalue weighted by Crippen LogP contribution is 2.30. The molecule has 2 fully saturated rings. The van der Waals surface area contributed by atoms with Crippen molar-refractivity contribution in [2.75, 3.05) is 62.3 Å². The molecular weight excluding hydrogens is 455 g/mol. The summed E-state index contributed by atoms with van der Waals surface area (Å²) < 4.78 is 14.6. The maximum Gasteiger partial charge on any atom is 0.263 e. The normalized spacial score (nSPS) is 17.7. The molecule has 184 valence electrons. The van der Waals surface area contributed by atoms with E-state index in [1.165, 1.54) is 6.20 Å². The van der Waals surface area contributed by atoms with Gasteiger partial charge in [-0.1, -0.05) is 0 Å². The van der Waals surface area contributed by atoms with Gasteiger partial charge < -0.3 is 25.8 Å². The lowest BCUT2D eigenvalue weighted by Gasteiger charge is -2.38. The van der Waals surface area contributed by atoms with Gasteiger partial charge in [-0.2, -0.15) is 10.2 Å². The van der Waals surface area contributed by atoms with E-state index in [0.29, 0.717) is 24.5 Å². The number of nitrogens with zero attached hydrogens (tertiary/aromatic N) is 8. The van der Waals surface area contributed by atoms with Crippen LogP contribution in [0.15, 0.2) is 24.8 Å². The highest BCUT2D eigenvalue weighted by molar-refractivity contribution is 6.12. The molecule has 5 rings (SSSR count). The fraction of sp³-hybridized carbons (Fsp3) is 0.455. The number of nitrogen functional groups attached to an aromatic ring is 1. The van der Waals surface area contributed by atoms with Gasteiger partial charge in [-0.25, -0.2) is 13.9 Å². The number of halogens is 1. The van der Waals surface area contributed by atoms with E-state index in [0.717, 1.165) is 55.9 Å². The summed E-state index contributed by atoms with van der Waals surface area (Å²) in [7, 11) is 2.07. The molecule has 3 aromatic heterocycles. The second kappa shape index (κ2) is 9.41. The van der Waals surface area contributed by atoms with Crippen LogP contribution in [-0.2, 0) is 4.79 Å². The quantitative estimate of drug-likeness (QED) is 0.544. The minimum absolute atomic E-state index is 0.00690. The van der Waals surface area contributed by atoms with Crippen molar-refractivity contribution in [3.8, 4) is 0 Å². The molecule has 0 unspecified atom stereocenters. The molecule has 3 aromatic rings. The van der Waals surface area contributed by atoms with Gasteiger partial charge >= 0.3 is 0 Å². The van der Waals surface area contributed by atoms with Gasteiger partial charge in [-0.05, 0) is 19.9 Å². The molecule has 0 aromatic carbocycles. The lowest BCUT2D eigenvalue weighted by atomic mass is 9.94. The van der Waals surface area contributed by atoms with Crippen molar-refractivity contribution in [1.29, 1.82) is 0 Å². The van der Waals surface area contributed by atoms with Gasteiger partial charge in [0.15, 0.2) is 17.3 Å². The Morgan fingerprint density at radius 1 is 1.06 bits per heavy atom. The van der Waals surface area contributed by atoms with Crippen molar-refractivity contribution in [2.24, 2.45) is 5.92 Å². The number of anilines is 3. The summed E-state index contributed by atoms with van der Waals surface area (Å²) in [5, 5.41) is 14.7. The number of carbonyl (C=O) groups excluding carboxylic acids is 2. The minimum atomic E-state index is -0.595. The second-order valence-electron chi connectivity index (χ2n) is 8.93. The van der Waals surface area contributed by atoms with Crippen LogP contribution < -0.4 is 16.0 Å². The molecular formula is C22H27FN10O2. The van der Waals surface area contributed by atoms with Gasteiger partial charge in [0.05, 0.1) is 36.2 Å². The summed E-state index contributed by atoms with van der Waals surface area (Å²) in [4.78, 5) is 36.3. The van der Waals surface area contributed by atoms with Crippen LogP contribution in [0.25, 0.3) is 5.65 Å². The van der Waals surface area contributed by atoms with Gasteiger partial charge in [0.1, 0.15) is 5.56 Å². The Morgan fingerprint density at radius 3 is 2.51 bits per heavy atom. The number of rotatable bonds is 4. The van der Waals surface area contributed by atoms with E-state index in [2.05, 4.69) is 42.4 Å². The first-order chi connectivity index (χ1) is 16.9. The molecule has 0 radical (unpaired) electrons. The number of piperidine rings is 1. The van der Waals surface area contributed by atoms with Crippen LogP contribution in [-0.4, -0.2) is 92.7 Å². The van der Waals surface area contributed by atoms with Crippen molar-refractivity contribution >= 4 is 34.7 Å². The van der Waals surface area contributed by atoms with Crippen molar-refractivity contribution in [2.45, 2.75) is 12.8 Å². The number of fused-ring (bicyclic) bond motifs is 1. The number of nitrogens with two attached hydrogens (primary N) is 1. The summed E-state index contributed by atoms with van der Waals surface area (Å²) in [6, 6.07) is 0. The molecule has 13 heteroatoms. The first-order valence-corrected chi connectivity index (χ1v) is 11.5. The summed E-state index contributed by atoms with van der Waals surface area (Å²) in [6.45, 7) is 4.65. The molecule has 0 spiro atoms. The molecule has 0 aliphatic carbocycles. The third-order valence-electron chi connectivity index (χ3n) is 6.65. The van der Waals surface area contributed by atoms with Crippen LogP contribution in [0.4, 0.5) is 21.6 Å². The van der Waals surface area contributed by atoms with E-state index in [4.69, 9.17) is 5.73 Å². The molecule has 2 aliphatic rings. The van der Waals surface area contributed by atoms with Gasteiger partial charge in [0, 0.05) is 45.2 Å². The third kappa shape index (κ3) is 4.58. The monoisotopic (exact) mass is 482 g/mol. The number of piperazine rings is 1. The standard InChI is InChI=1S/C22H27FN10O2/c1-30-6-8-32(9-7-30)22(35)14-2-4-31(5-3-14)17-12-27-26-11-16(17)28-21(34)18-19(24)29-33-13-15(23)10-25-20(18)33/h10-14H,2-9H2,1H3,(H2,24,29)(H,27,28,34). The second-order valence-corrected chi connectivity index (χ2v) is 8.93. The van der Waals surface area contributed by atoms with Crippen molar-refractivity contribution in [3.05, 3.63) is 36.2 Å². The number of likely N-dealkylation sites (N-methyl/N-ethyl adjacent to an activating group) is 1. The molecule has 0 saturated carbocycles. The minimum Gasteiger partial charge on any atom is -0.381 e. The van der Waals surface area contributed by atoms with E-state index in [-0.39, 0.29) is 28.9 Å². The zero-order valence-corrected chi connectivity index (χ0v) is 19.4. The van der Waals surface area contributed by atoms with Gasteiger partial charge in [0.25, 0.3) is 5.91 Å². The zero-order chi connectivity index (χ0) is 24.5. The summed E-state index contributed by atoms with van der Waals surface area (Å²) in [5.74, 6) is -0.973. The van der Waals surface area contributed by atoms with Crippen LogP contribution in [0.5, 0.6) is 0 Å². The molecule has 2 amide bonds. The Hall–Kier alpha value is -3.87. The number of hydrogen-bond acceptors (Lipinski definition) is 9. The van der Waals surface area contributed by atoms with Gasteiger partial charge in [-0.3, -0.25) is 9.59 Å². The zero-order valence-electron chi connectivity index (χ0n) is 19.4. The van der Waals surface area contributed by atoms with Crippen LogP contribution in [0.3, 0.4) is 0 Å². The summed E-state index contributed by atoms with van der Waals surface area (Å²) >= 11 is 0. The van der Waals surface area contributed by atoms with Crippen LogP contribution in [0, 0.1) is 11.7 Å². The van der Waals surface area contributed by atoms with E-state index in [1.54, 1.807) is 6.20 Å². The lowest BCUT2D eigenvalue weighted by molar-refractivity contribution is -0.137. The smallest absolute Gasteiger partial charge is 0.263 e. The highest BCUT2D eigenvalue weighted by atomic mass is 19.1. The molecule has 0 atom stereocenters. The van der Waals surface area contributed by atoms with Crippen molar-refractivity contribution in [3.63, 3.8) is 0 Å². The maximum atomic E-state index is 13.5. The predicted octanol–water partition coefficient (Wildman–Crippen LogP) is 0.483. The van der Waals surface area contributed by atoms with Crippen LogP contribution >= 0.6 is 0 Å². The van der Waals surface area contributed by atoms with Crippen LogP contribution in [0.2, 0.25) is 0 Å². The number of hydrogen-bond donors (Lipinski definition) is 2. The molecule has 2 saturated heterocycles. The predicted molar refractivity (Wildman–Crippen MR) is 126 cm³/mol. The highest BCUT2D eigenvalue weighted by Gasteiger charge is 2.31. The maximum absolute atomic E-state index is 13.5. The van der Waals surface area contributed by atoms with Crippen LogP contribution in [0.1, 0.15) is 23.2 Å². The third-order valence-corrected chi connectivity index (χ3v) is 6.65. The summed E-state index contributed by atoms with van der Waals surface area (Å²) in [5.41, 5.74) is 7.27. The van der Waals surface area contributed by atoms with Crippen molar-refractivity contribution in [1.82, 2.24) is 34.6 Å². The number of amides is 2. The van der Waals surface area contributed by atoms with E-state index >= 15 is 0 Å². The average Bonchev–Trinajstić information content (AvgIpc) is 3.19. The molecule has 12 nitrogen and oxygen atoms in total. The van der Waals surface area contributed by atoms with E-state index in [9.17, 15) is 14.0 Å². The Bertz CT molecular complexity index is 1250. The number of aromatic nitrogens is 5. The average molecular weight is 483 g/mol. The molecule has 3 N–H and O–H groups in total. The molecule has 5 heterocycles. The SMILES string of the molecule is CN1CCN(C(=O)C2CCN(c3cnncc3NC(=O)c3c(N)nn4cc(F)cnc34)CC2)CC1. The Kier molecular flexibility index (Phi) is 6.16. The van der Waals surface area contributed by atoms with Crippen molar-refractivity contribution < 1.29 is 14.0 Å². The summed E-state index contributed by atoms with van der Waals surface area (Å²) in [6.07, 6.45) is 6.59. The topological polar surface area (TPSA) is 138 Å². The number of carbonyl (C=O) groups is 2.